The van der Waals surface area contributed by atoms with E-state index in [1.807, 2.05) is 6.92 Å². The van der Waals surface area contributed by atoms with E-state index in [0.29, 0.717) is 6.42 Å². The van der Waals surface area contributed by atoms with Gasteiger partial charge in [-0.2, -0.15) is 9.78 Å². The summed E-state index contributed by atoms with van der Waals surface area (Å²) >= 11 is 0. The number of rotatable bonds is 7. The molecule has 0 aliphatic rings. The Morgan fingerprint density at radius 2 is 1.86 bits per heavy atom. The molecule has 0 saturated carbocycles. The number of hydrogen-bond acceptors (Lipinski definition) is 6. The maximum Gasteiger partial charge on any atom is 0.227 e. The fourth-order valence-corrected chi connectivity index (χ4v) is 0.530. The average Bonchev–Trinajstić information content (AvgIpc) is 2.08. The topological polar surface area (TPSA) is 66.4 Å². The lowest BCUT2D eigenvalue weighted by molar-refractivity contribution is -0.672. The van der Waals surface area contributed by atoms with Crippen LogP contribution in [0.1, 0.15) is 40.5 Å². The Balaban J connectivity index is 3.42. The summed E-state index contributed by atoms with van der Waals surface area (Å²) in [7, 11) is 0. The van der Waals surface area contributed by atoms with E-state index in [9.17, 15) is 0 Å². The van der Waals surface area contributed by atoms with Crippen molar-refractivity contribution in [2.75, 3.05) is 0 Å². The second-order valence-electron chi connectivity index (χ2n) is 3.75. The molecular weight excluding hydrogens is 192 g/mol. The molecule has 14 heavy (non-hydrogen) atoms. The molecule has 0 aliphatic heterocycles. The third-order valence-electron chi connectivity index (χ3n) is 1.10. The van der Waals surface area contributed by atoms with Crippen LogP contribution in [-0.4, -0.2) is 17.1 Å². The van der Waals surface area contributed by atoms with Gasteiger partial charge in [0.25, 0.3) is 0 Å². The Hall–Kier alpha value is -0.240. The first-order chi connectivity index (χ1) is 6.49. The lowest BCUT2D eigenvalue weighted by Crippen LogP contribution is -2.21. The smallest absolute Gasteiger partial charge is 0.227 e. The second kappa shape index (κ2) is 7.10. The Morgan fingerprint density at radius 3 is 2.29 bits per heavy atom. The van der Waals surface area contributed by atoms with Crippen LogP contribution in [0.25, 0.3) is 0 Å². The molecule has 1 atom stereocenters. The summed E-state index contributed by atoms with van der Waals surface area (Å²) in [5, 5.41) is 16.8. The molecule has 0 saturated heterocycles. The van der Waals surface area contributed by atoms with Crippen LogP contribution in [0.4, 0.5) is 0 Å². The van der Waals surface area contributed by atoms with Crippen LogP contribution >= 0.6 is 0 Å². The molecule has 0 aromatic carbocycles. The predicted molar refractivity (Wildman–Crippen MR) is 46.5 cm³/mol. The maximum atomic E-state index is 8.31. The van der Waals surface area contributed by atoms with Crippen LogP contribution in [0.5, 0.6) is 0 Å². The van der Waals surface area contributed by atoms with Gasteiger partial charge in [0.2, 0.25) is 6.29 Å². The van der Waals surface area contributed by atoms with Crippen molar-refractivity contribution in [3.8, 4) is 0 Å². The van der Waals surface area contributed by atoms with Gasteiger partial charge in [-0.3, -0.25) is 0 Å². The van der Waals surface area contributed by atoms with Gasteiger partial charge >= 0.3 is 0 Å². The van der Waals surface area contributed by atoms with Crippen LogP contribution in [0.15, 0.2) is 0 Å². The van der Waals surface area contributed by atoms with Crippen LogP contribution in [0, 0.1) is 0 Å². The lowest BCUT2D eigenvalue weighted by Gasteiger charge is -2.16. The first-order valence-electron chi connectivity index (χ1n) is 4.47. The van der Waals surface area contributed by atoms with Gasteiger partial charge in [-0.05, 0) is 30.8 Å². The van der Waals surface area contributed by atoms with Gasteiger partial charge in [-0.15, -0.1) is 0 Å². The molecule has 0 aromatic heterocycles. The molecule has 1 N–H and O–H groups in total. The van der Waals surface area contributed by atoms with Crippen molar-refractivity contribution in [1.82, 2.24) is 0 Å². The maximum absolute atomic E-state index is 8.31. The molecule has 6 heteroatoms. The molecule has 0 fully saturated rings. The van der Waals surface area contributed by atoms with Crippen LogP contribution in [-0.2, 0) is 24.7 Å². The molecule has 86 valence electrons. The number of hydrogen-bond donors (Lipinski definition) is 1. The molecule has 0 radical (unpaired) electrons. The van der Waals surface area contributed by atoms with Crippen molar-refractivity contribution in [2.45, 2.75) is 52.4 Å². The molecular formula is C8H18O6. The summed E-state index contributed by atoms with van der Waals surface area (Å²) in [4.78, 5) is 13.2. The van der Waals surface area contributed by atoms with Crippen molar-refractivity contribution in [3.63, 3.8) is 0 Å². The Bertz CT molecular complexity index is 132. The van der Waals surface area contributed by atoms with Crippen LogP contribution in [0.2, 0.25) is 0 Å². The standard InChI is InChI=1S/C8H18O6/c1-5-6-7(10-9)11-13-14-12-8(2,3)4/h7,9H,5-6H2,1-4H3. The van der Waals surface area contributed by atoms with Gasteiger partial charge in [-0.25, -0.2) is 10.1 Å². The summed E-state index contributed by atoms with van der Waals surface area (Å²) in [5.41, 5.74) is -0.496. The van der Waals surface area contributed by atoms with Crippen LogP contribution in [0.3, 0.4) is 0 Å². The van der Waals surface area contributed by atoms with Gasteiger partial charge in [0, 0.05) is 6.42 Å². The first kappa shape index (κ1) is 13.8. The summed E-state index contributed by atoms with van der Waals surface area (Å²) in [6.07, 6.45) is 0.382. The van der Waals surface area contributed by atoms with Gasteiger partial charge in [0.1, 0.15) is 0 Å². The van der Waals surface area contributed by atoms with E-state index in [1.165, 1.54) is 0 Å². The second-order valence-corrected chi connectivity index (χ2v) is 3.75. The molecule has 1 unspecified atom stereocenters. The van der Waals surface area contributed by atoms with E-state index < -0.39 is 11.9 Å². The van der Waals surface area contributed by atoms with Crippen LogP contribution < -0.4 is 0 Å². The normalized spacial score (nSPS) is 14.4. The first-order valence-corrected chi connectivity index (χ1v) is 4.47. The average molecular weight is 210 g/mol. The molecule has 0 spiro atoms. The lowest BCUT2D eigenvalue weighted by atomic mass is 10.2. The zero-order valence-electron chi connectivity index (χ0n) is 8.98. The van der Waals surface area contributed by atoms with Crippen molar-refractivity contribution in [1.29, 1.82) is 0 Å². The SMILES string of the molecule is CCCC(OO)OOOOC(C)(C)C. The van der Waals surface area contributed by atoms with E-state index in [1.54, 1.807) is 20.8 Å². The van der Waals surface area contributed by atoms with E-state index in [-0.39, 0.29) is 0 Å². The fraction of sp³-hybridized carbons (Fsp3) is 1.00. The molecule has 0 bridgehead atoms. The molecule has 0 aliphatic carbocycles. The Kier molecular flexibility index (Phi) is 6.98. The molecule has 0 aromatic rings. The van der Waals surface area contributed by atoms with E-state index in [4.69, 9.17) is 10.1 Å². The highest BCUT2D eigenvalue weighted by Gasteiger charge is 2.14. The summed E-state index contributed by atoms with van der Waals surface area (Å²) in [5.74, 6) is 0. The zero-order valence-corrected chi connectivity index (χ0v) is 8.98. The predicted octanol–water partition coefficient (Wildman–Crippen LogP) is 2.21. The monoisotopic (exact) mass is 210 g/mol. The van der Waals surface area contributed by atoms with E-state index in [0.717, 1.165) is 6.42 Å². The quantitative estimate of drug-likeness (QED) is 0.301. The minimum Gasteiger partial charge on any atom is -0.249 e. The Morgan fingerprint density at radius 1 is 1.21 bits per heavy atom. The molecule has 0 amide bonds. The Labute approximate surface area is 83.4 Å². The third-order valence-corrected chi connectivity index (χ3v) is 1.10. The van der Waals surface area contributed by atoms with E-state index in [2.05, 4.69) is 19.9 Å². The van der Waals surface area contributed by atoms with Gasteiger partial charge < -0.3 is 0 Å². The van der Waals surface area contributed by atoms with Gasteiger partial charge in [0.05, 0.1) is 5.60 Å². The molecule has 0 rings (SSSR count). The highest BCUT2D eigenvalue weighted by Crippen LogP contribution is 2.09. The molecule has 0 heterocycles. The minimum atomic E-state index is -0.872. The summed E-state index contributed by atoms with van der Waals surface area (Å²) in [6, 6.07) is 0. The van der Waals surface area contributed by atoms with Gasteiger partial charge in [0.15, 0.2) is 0 Å². The van der Waals surface area contributed by atoms with Crippen molar-refractivity contribution >= 4 is 0 Å². The highest BCUT2D eigenvalue weighted by molar-refractivity contribution is 4.53. The third kappa shape index (κ3) is 8.36. The highest BCUT2D eigenvalue weighted by atomic mass is 17.7. The summed E-state index contributed by atoms with van der Waals surface area (Å²) < 4.78 is 0. The van der Waals surface area contributed by atoms with E-state index >= 15 is 0 Å². The zero-order chi connectivity index (χ0) is 11.0. The van der Waals surface area contributed by atoms with Gasteiger partial charge in [-0.1, -0.05) is 13.3 Å². The largest absolute Gasteiger partial charge is 0.249 e. The van der Waals surface area contributed by atoms with Crippen molar-refractivity contribution in [2.24, 2.45) is 0 Å². The van der Waals surface area contributed by atoms with Crippen molar-refractivity contribution < 1.29 is 30.0 Å². The fourth-order valence-electron chi connectivity index (χ4n) is 0.530. The summed E-state index contributed by atoms with van der Waals surface area (Å²) in [6.45, 7) is 7.25. The minimum absolute atomic E-state index is 0.482. The molecule has 6 nitrogen and oxygen atoms in total. The van der Waals surface area contributed by atoms with Crippen molar-refractivity contribution in [3.05, 3.63) is 0 Å².